The number of carbonyl (C=O) groups excluding carboxylic acids is 1. The SMILES string of the molecule is CN(CC(=O)O)C(=O)CC(C)(C)S. The minimum absolute atomic E-state index is 0.206. The van der Waals surface area contributed by atoms with Crippen molar-refractivity contribution in [1.29, 1.82) is 0 Å². The van der Waals surface area contributed by atoms with Crippen LogP contribution in [0.15, 0.2) is 0 Å². The fourth-order valence-corrected chi connectivity index (χ4v) is 0.931. The van der Waals surface area contributed by atoms with Crippen molar-refractivity contribution in [1.82, 2.24) is 4.90 Å². The average molecular weight is 205 g/mol. The van der Waals surface area contributed by atoms with Crippen LogP contribution in [0.5, 0.6) is 0 Å². The molecule has 1 amide bonds. The fourth-order valence-electron chi connectivity index (χ4n) is 0.796. The molecule has 0 rings (SSSR count). The minimum atomic E-state index is -1.01. The molecule has 0 aliphatic carbocycles. The van der Waals surface area contributed by atoms with Crippen LogP contribution in [0, 0.1) is 0 Å². The lowest BCUT2D eigenvalue weighted by molar-refractivity contribution is -0.143. The standard InChI is InChI=1S/C8H15NO3S/c1-8(2,13)4-6(10)9(3)5-7(11)12/h13H,4-5H2,1-3H3,(H,11,12). The maximum atomic E-state index is 11.3. The zero-order valence-corrected chi connectivity index (χ0v) is 8.97. The van der Waals surface area contributed by atoms with Crippen LogP contribution in [-0.4, -0.2) is 40.2 Å². The van der Waals surface area contributed by atoms with Crippen LogP contribution >= 0.6 is 12.6 Å². The van der Waals surface area contributed by atoms with Crippen molar-refractivity contribution in [2.24, 2.45) is 0 Å². The minimum Gasteiger partial charge on any atom is -0.480 e. The van der Waals surface area contributed by atoms with Gasteiger partial charge in [0.2, 0.25) is 5.91 Å². The summed E-state index contributed by atoms with van der Waals surface area (Å²) >= 11 is 4.18. The Kier molecular flexibility index (Phi) is 4.26. The molecule has 0 fully saturated rings. The first-order chi connectivity index (χ1) is 5.72. The lowest BCUT2D eigenvalue weighted by Gasteiger charge is -2.21. The van der Waals surface area contributed by atoms with Crippen LogP contribution in [0.2, 0.25) is 0 Å². The van der Waals surface area contributed by atoms with E-state index in [1.165, 1.54) is 11.9 Å². The predicted octanol–water partition coefficient (Wildman–Crippen LogP) is 0.628. The summed E-state index contributed by atoms with van der Waals surface area (Å²) < 4.78 is -0.399. The molecule has 0 radical (unpaired) electrons. The van der Waals surface area contributed by atoms with Crippen LogP contribution in [0.25, 0.3) is 0 Å². The van der Waals surface area contributed by atoms with Gasteiger partial charge in [-0.15, -0.1) is 0 Å². The molecule has 5 heteroatoms. The Morgan fingerprint density at radius 2 is 1.92 bits per heavy atom. The van der Waals surface area contributed by atoms with Gasteiger partial charge in [0.1, 0.15) is 6.54 Å². The zero-order valence-electron chi connectivity index (χ0n) is 8.07. The lowest BCUT2D eigenvalue weighted by Crippen LogP contribution is -2.35. The van der Waals surface area contributed by atoms with E-state index in [9.17, 15) is 9.59 Å². The smallest absolute Gasteiger partial charge is 0.323 e. The summed E-state index contributed by atoms with van der Waals surface area (Å²) in [6.07, 6.45) is 0.236. The third-order valence-electron chi connectivity index (χ3n) is 1.38. The molecule has 13 heavy (non-hydrogen) atoms. The highest BCUT2D eigenvalue weighted by Gasteiger charge is 2.20. The van der Waals surface area contributed by atoms with Crippen LogP contribution in [-0.2, 0) is 9.59 Å². The molecule has 0 aromatic carbocycles. The highest BCUT2D eigenvalue weighted by atomic mass is 32.1. The molecule has 1 N–H and O–H groups in total. The normalized spacial score (nSPS) is 11.1. The maximum absolute atomic E-state index is 11.3. The maximum Gasteiger partial charge on any atom is 0.323 e. The van der Waals surface area contributed by atoms with E-state index in [2.05, 4.69) is 12.6 Å². The quantitative estimate of drug-likeness (QED) is 0.662. The Morgan fingerprint density at radius 1 is 1.46 bits per heavy atom. The summed E-state index contributed by atoms with van der Waals surface area (Å²) in [5, 5.41) is 8.42. The van der Waals surface area contributed by atoms with Crippen molar-refractivity contribution in [3.05, 3.63) is 0 Å². The second kappa shape index (κ2) is 4.50. The molecule has 0 unspecified atom stereocenters. The molecule has 0 aromatic heterocycles. The van der Waals surface area contributed by atoms with E-state index in [4.69, 9.17) is 5.11 Å². The third-order valence-corrected chi connectivity index (χ3v) is 1.54. The van der Waals surface area contributed by atoms with Crippen LogP contribution in [0.1, 0.15) is 20.3 Å². The summed E-state index contributed by atoms with van der Waals surface area (Å²) in [5.74, 6) is -1.21. The number of likely N-dealkylation sites (N-methyl/N-ethyl adjacent to an activating group) is 1. The summed E-state index contributed by atoms with van der Waals surface area (Å²) in [7, 11) is 1.47. The van der Waals surface area contributed by atoms with Gasteiger partial charge < -0.3 is 10.0 Å². The number of carbonyl (C=O) groups is 2. The summed E-state index contributed by atoms with van der Waals surface area (Å²) in [6, 6.07) is 0. The summed E-state index contributed by atoms with van der Waals surface area (Å²) in [5.41, 5.74) is 0. The summed E-state index contributed by atoms with van der Waals surface area (Å²) in [4.78, 5) is 22.8. The first kappa shape index (κ1) is 12.3. The highest BCUT2D eigenvalue weighted by molar-refractivity contribution is 7.81. The second-order valence-corrected chi connectivity index (χ2v) is 4.84. The molecule has 0 aromatic rings. The van der Waals surface area contributed by atoms with E-state index in [0.29, 0.717) is 0 Å². The number of amides is 1. The molecular weight excluding hydrogens is 190 g/mol. The van der Waals surface area contributed by atoms with Crippen molar-refractivity contribution >= 4 is 24.5 Å². The Morgan fingerprint density at radius 3 is 2.23 bits per heavy atom. The Bertz CT molecular complexity index is 210. The Balaban J connectivity index is 4.05. The third kappa shape index (κ3) is 6.45. The van der Waals surface area contributed by atoms with Crippen LogP contribution in [0.4, 0.5) is 0 Å². The number of carboxylic acids is 1. The first-order valence-electron chi connectivity index (χ1n) is 3.90. The van der Waals surface area contributed by atoms with Crippen molar-refractivity contribution < 1.29 is 14.7 Å². The number of rotatable bonds is 4. The average Bonchev–Trinajstić information content (AvgIpc) is 1.81. The largest absolute Gasteiger partial charge is 0.480 e. The van der Waals surface area contributed by atoms with Gasteiger partial charge in [-0.05, 0) is 0 Å². The second-order valence-electron chi connectivity index (χ2n) is 3.63. The van der Waals surface area contributed by atoms with E-state index in [1.54, 1.807) is 0 Å². The molecule has 0 spiro atoms. The first-order valence-corrected chi connectivity index (χ1v) is 4.35. The van der Waals surface area contributed by atoms with E-state index in [0.717, 1.165) is 0 Å². The van der Waals surface area contributed by atoms with Gasteiger partial charge in [0, 0.05) is 18.2 Å². The van der Waals surface area contributed by atoms with Crippen molar-refractivity contribution in [3.63, 3.8) is 0 Å². The predicted molar refractivity (Wildman–Crippen MR) is 53.0 cm³/mol. The van der Waals surface area contributed by atoms with Crippen LogP contribution < -0.4 is 0 Å². The Hall–Kier alpha value is -0.710. The monoisotopic (exact) mass is 205 g/mol. The van der Waals surface area contributed by atoms with Gasteiger partial charge in [-0.3, -0.25) is 9.59 Å². The molecular formula is C8H15NO3S. The summed E-state index contributed by atoms with van der Waals surface area (Å²) in [6.45, 7) is 3.36. The molecule has 0 saturated heterocycles. The van der Waals surface area contributed by atoms with E-state index >= 15 is 0 Å². The van der Waals surface area contributed by atoms with Gasteiger partial charge in [-0.2, -0.15) is 12.6 Å². The van der Waals surface area contributed by atoms with Gasteiger partial charge in [0.25, 0.3) is 0 Å². The highest BCUT2D eigenvalue weighted by Crippen LogP contribution is 2.17. The molecule has 4 nitrogen and oxygen atoms in total. The fraction of sp³-hybridized carbons (Fsp3) is 0.750. The molecule has 0 atom stereocenters. The van der Waals surface area contributed by atoms with Gasteiger partial charge in [-0.25, -0.2) is 0 Å². The van der Waals surface area contributed by atoms with Crippen LogP contribution in [0.3, 0.4) is 0 Å². The van der Waals surface area contributed by atoms with Crippen molar-refractivity contribution in [3.8, 4) is 0 Å². The molecule has 0 heterocycles. The number of thiol groups is 1. The van der Waals surface area contributed by atoms with Gasteiger partial charge >= 0.3 is 5.97 Å². The van der Waals surface area contributed by atoms with Gasteiger partial charge in [0.05, 0.1) is 0 Å². The molecule has 0 aliphatic rings. The van der Waals surface area contributed by atoms with E-state index < -0.39 is 10.7 Å². The number of carboxylic acid groups (broad SMARTS) is 1. The molecule has 76 valence electrons. The van der Waals surface area contributed by atoms with Crippen molar-refractivity contribution in [2.45, 2.75) is 25.0 Å². The molecule has 0 bridgehead atoms. The number of nitrogens with zero attached hydrogens (tertiary/aromatic N) is 1. The number of aliphatic carboxylic acids is 1. The van der Waals surface area contributed by atoms with Crippen molar-refractivity contribution in [2.75, 3.05) is 13.6 Å². The topological polar surface area (TPSA) is 57.6 Å². The molecule has 0 aliphatic heterocycles. The number of hydrogen-bond acceptors (Lipinski definition) is 3. The van der Waals surface area contributed by atoms with E-state index in [-0.39, 0.29) is 18.9 Å². The van der Waals surface area contributed by atoms with E-state index in [1.807, 2.05) is 13.8 Å². The Labute approximate surface area is 83.3 Å². The number of hydrogen-bond donors (Lipinski definition) is 2. The molecule has 0 saturated carbocycles. The zero-order chi connectivity index (χ0) is 10.6. The lowest BCUT2D eigenvalue weighted by atomic mass is 10.1. The van der Waals surface area contributed by atoms with Gasteiger partial charge in [0.15, 0.2) is 0 Å². The van der Waals surface area contributed by atoms with Gasteiger partial charge in [-0.1, -0.05) is 13.8 Å².